The predicted molar refractivity (Wildman–Crippen MR) is 75.4 cm³/mol. The second-order valence-electron chi connectivity index (χ2n) is 4.16. The topological polar surface area (TPSA) is 96.9 Å². The Morgan fingerprint density at radius 2 is 2.37 bits per heavy atom. The lowest BCUT2D eigenvalue weighted by molar-refractivity contribution is 0.555. The van der Waals surface area contributed by atoms with E-state index in [4.69, 9.17) is 10.2 Å². The van der Waals surface area contributed by atoms with Crippen molar-refractivity contribution in [2.75, 3.05) is 11.1 Å². The highest BCUT2D eigenvalue weighted by Gasteiger charge is 2.07. The van der Waals surface area contributed by atoms with Gasteiger partial charge in [0, 0.05) is 10.9 Å². The molecule has 0 saturated heterocycles. The third kappa shape index (κ3) is 2.19. The highest BCUT2D eigenvalue weighted by atomic mass is 32.1. The average Bonchev–Trinajstić information content (AvgIpc) is 2.91. The van der Waals surface area contributed by atoms with E-state index in [1.165, 1.54) is 0 Å². The molecule has 4 N–H and O–H groups in total. The van der Waals surface area contributed by atoms with Gasteiger partial charge in [-0.3, -0.25) is 4.98 Å². The molecule has 19 heavy (non-hydrogen) atoms. The first kappa shape index (κ1) is 11.8. The number of oxazole rings is 1. The standard InChI is InChI=1S/C12H12N4O2S/c1-6-11(19-5-15-6)4-14-8-3-9-10(2-7(8)13)18-12(17)16-9/h2-3,5,14H,4,13H2,1H3,(H,16,17). The van der Waals surface area contributed by atoms with Crippen LogP contribution in [-0.2, 0) is 6.54 Å². The quantitative estimate of drug-likeness (QED) is 0.636. The van der Waals surface area contributed by atoms with Crippen LogP contribution in [0.15, 0.2) is 26.9 Å². The molecule has 0 radical (unpaired) electrons. The number of hydrogen-bond acceptors (Lipinski definition) is 6. The molecule has 0 aliphatic carbocycles. The van der Waals surface area contributed by atoms with Gasteiger partial charge in [0.15, 0.2) is 5.58 Å². The van der Waals surface area contributed by atoms with Crippen molar-refractivity contribution in [1.82, 2.24) is 9.97 Å². The van der Waals surface area contributed by atoms with E-state index >= 15 is 0 Å². The number of nitrogen functional groups attached to an aromatic ring is 1. The number of rotatable bonds is 3. The van der Waals surface area contributed by atoms with Gasteiger partial charge in [-0.05, 0) is 13.0 Å². The zero-order valence-electron chi connectivity index (χ0n) is 10.2. The van der Waals surface area contributed by atoms with Crippen LogP contribution >= 0.6 is 11.3 Å². The molecule has 0 aliphatic heterocycles. The second-order valence-corrected chi connectivity index (χ2v) is 5.10. The van der Waals surface area contributed by atoms with Crippen LogP contribution in [0.2, 0.25) is 0 Å². The Balaban J connectivity index is 1.90. The van der Waals surface area contributed by atoms with E-state index in [9.17, 15) is 4.79 Å². The molecule has 0 bridgehead atoms. The molecule has 0 fully saturated rings. The van der Waals surface area contributed by atoms with Gasteiger partial charge in [-0.15, -0.1) is 11.3 Å². The third-order valence-electron chi connectivity index (χ3n) is 2.88. The van der Waals surface area contributed by atoms with Crippen LogP contribution in [0.5, 0.6) is 0 Å². The van der Waals surface area contributed by atoms with Crippen LogP contribution in [0.3, 0.4) is 0 Å². The fraction of sp³-hybridized carbons (Fsp3) is 0.167. The number of anilines is 2. The van der Waals surface area contributed by atoms with E-state index in [0.29, 0.717) is 23.3 Å². The molecule has 98 valence electrons. The number of aromatic nitrogens is 2. The van der Waals surface area contributed by atoms with Gasteiger partial charge in [-0.2, -0.15) is 0 Å². The Labute approximate surface area is 112 Å². The summed E-state index contributed by atoms with van der Waals surface area (Å²) in [4.78, 5) is 19.1. The third-order valence-corrected chi connectivity index (χ3v) is 3.81. The Hall–Kier alpha value is -2.28. The first-order chi connectivity index (χ1) is 9.13. The molecule has 1 aromatic carbocycles. The SMILES string of the molecule is Cc1ncsc1CNc1cc2[nH]c(=O)oc2cc1N. The molecule has 6 nitrogen and oxygen atoms in total. The fourth-order valence-corrected chi connectivity index (χ4v) is 2.55. The number of nitrogens with one attached hydrogen (secondary N) is 2. The molecule has 7 heteroatoms. The maximum atomic E-state index is 11.1. The van der Waals surface area contributed by atoms with Gasteiger partial charge in [0.1, 0.15) is 0 Å². The Kier molecular flexibility index (Phi) is 2.75. The minimum absolute atomic E-state index is 0.460. The smallest absolute Gasteiger partial charge is 0.408 e. The zero-order valence-corrected chi connectivity index (χ0v) is 11.0. The van der Waals surface area contributed by atoms with Gasteiger partial charge < -0.3 is 15.5 Å². The number of nitrogens with two attached hydrogens (primary N) is 1. The summed E-state index contributed by atoms with van der Waals surface area (Å²) in [5.74, 6) is -0.482. The second kappa shape index (κ2) is 4.43. The normalized spacial score (nSPS) is 11.0. The van der Waals surface area contributed by atoms with Crippen molar-refractivity contribution < 1.29 is 4.42 Å². The summed E-state index contributed by atoms with van der Waals surface area (Å²) in [7, 11) is 0. The molecule has 0 spiro atoms. The van der Waals surface area contributed by atoms with Crippen molar-refractivity contribution in [2.24, 2.45) is 0 Å². The van der Waals surface area contributed by atoms with E-state index in [0.717, 1.165) is 16.3 Å². The zero-order chi connectivity index (χ0) is 13.4. The van der Waals surface area contributed by atoms with Crippen LogP contribution in [0.1, 0.15) is 10.6 Å². The maximum Gasteiger partial charge on any atom is 0.417 e. The van der Waals surface area contributed by atoms with E-state index in [1.54, 1.807) is 23.5 Å². The number of nitrogens with zero attached hydrogens (tertiary/aromatic N) is 1. The number of hydrogen-bond donors (Lipinski definition) is 3. The largest absolute Gasteiger partial charge is 0.417 e. The van der Waals surface area contributed by atoms with Crippen molar-refractivity contribution >= 4 is 33.8 Å². The van der Waals surface area contributed by atoms with Gasteiger partial charge in [0.05, 0.1) is 34.6 Å². The van der Waals surface area contributed by atoms with Gasteiger partial charge in [-0.1, -0.05) is 0 Å². The summed E-state index contributed by atoms with van der Waals surface area (Å²) in [6.07, 6.45) is 0. The minimum atomic E-state index is -0.482. The van der Waals surface area contributed by atoms with Gasteiger partial charge >= 0.3 is 5.76 Å². The number of benzene rings is 1. The lowest BCUT2D eigenvalue weighted by Gasteiger charge is -2.08. The molecular formula is C12H12N4O2S. The number of thiazole rings is 1. The summed E-state index contributed by atoms with van der Waals surface area (Å²) in [6.45, 7) is 2.61. The summed E-state index contributed by atoms with van der Waals surface area (Å²) in [6, 6.07) is 3.40. The average molecular weight is 276 g/mol. The van der Waals surface area contributed by atoms with Crippen LogP contribution in [0.25, 0.3) is 11.1 Å². The van der Waals surface area contributed by atoms with Crippen molar-refractivity contribution in [3.8, 4) is 0 Å². The van der Waals surface area contributed by atoms with Crippen molar-refractivity contribution in [2.45, 2.75) is 13.5 Å². The van der Waals surface area contributed by atoms with E-state index in [2.05, 4.69) is 15.3 Å². The maximum absolute atomic E-state index is 11.1. The predicted octanol–water partition coefficient (Wildman–Crippen LogP) is 2.08. The lowest BCUT2D eigenvalue weighted by Crippen LogP contribution is -2.02. The van der Waals surface area contributed by atoms with Crippen molar-refractivity contribution in [3.63, 3.8) is 0 Å². The molecular weight excluding hydrogens is 264 g/mol. The van der Waals surface area contributed by atoms with Crippen molar-refractivity contribution in [1.29, 1.82) is 0 Å². The van der Waals surface area contributed by atoms with Crippen LogP contribution in [-0.4, -0.2) is 9.97 Å². The Morgan fingerprint density at radius 3 is 3.11 bits per heavy atom. The molecule has 2 heterocycles. The number of H-pyrrole nitrogens is 1. The number of aromatic amines is 1. The molecule has 3 aromatic rings. The van der Waals surface area contributed by atoms with Gasteiger partial charge in [-0.25, -0.2) is 9.78 Å². The highest BCUT2D eigenvalue weighted by molar-refractivity contribution is 7.09. The molecule has 2 aromatic heterocycles. The first-order valence-electron chi connectivity index (χ1n) is 5.68. The van der Waals surface area contributed by atoms with Crippen LogP contribution < -0.4 is 16.8 Å². The highest BCUT2D eigenvalue weighted by Crippen LogP contribution is 2.25. The Morgan fingerprint density at radius 1 is 1.53 bits per heavy atom. The monoisotopic (exact) mass is 276 g/mol. The molecule has 0 unspecified atom stereocenters. The number of fused-ring (bicyclic) bond motifs is 1. The van der Waals surface area contributed by atoms with Crippen LogP contribution in [0, 0.1) is 6.92 Å². The summed E-state index contributed by atoms with van der Waals surface area (Å²) in [5.41, 5.74) is 11.1. The summed E-state index contributed by atoms with van der Waals surface area (Å²) >= 11 is 1.59. The molecule has 0 aliphatic rings. The summed E-state index contributed by atoms with van der Waals surface area (Å²) < 4.78 is 4.95. The summed E-state index contributed by atoms with van der Waals surface area (Å²) in [5, 5.41) is 3.24. The molecule has 0 saturated carbocycles. The van der Waals surface area contributed by atoms with Gasteiger partial charge in [0.25, 0.3) is 0 Å². The van der Waals surface area contributed by atoms with Crippen LogP contribution in [0.4, 0.5) is 11.4 Å². The van der Waals surface area contributed by atoms with E-state index < -0.39 is 5.76 Å². The first-order valence-corrected chi connectivity index (χ1v) is 6.56. The van der Waals surface area contributed by atoms with E-state index in [-0.39, 0.29) is 0 Å². The Bertz CT molecular complexity index is 786. The van der Waals surface area contributed by atoms with E-state index in [1.807, 2.05) is 12.4 Å². The fourth-order valence-electron chi connectivity index (χ4n) is 1.84. The lowest BCUT2D eigenvalue weighted by atomic mass is 10.2. The number of aryl methyl sites for hydroxylation is 1. The molecule has 0 amide bonds. The van der Waals surface area contributed by atoms with Crippen molar-refractivity contribution in [3.05, 3.63) is 38.8 Å². The molecule has 0 atom stereocenters. The molecule has 3 rings (SSSR count). The van der Waals surface area contributed by atoms with Gasteiger partial charge in [0.2, 0.25) is 0 Å². The minimum Gasteiger partial charge on any atom is -0.408 e.